The van der Waals surface area contributed by atoms with Gasteiger partial charge < -0.3 is 10.2 Å². The third-order valence-electron chi connectivity index (χ3n) is 8.49. The molecular weight excluding hydrogens is 737 g/mol. The second-order valence-corrected chi connectivity index (χ2v) is 16.2. The largest absolute Gasteiger partial charge is 0.505 e. The highest BCUT2D eigenvalue weighted by Crippen LogP contribution is 2.68. The molecule has 4 heterocycles. The molecule has 0 aromatic heterocycles. The Hall–Kier alpha value is -5.54. The van der Waals surface area contributed by atoms with E-state index in [1.807, 2.05) is 24.3 Å². The van der Waals surface area contributed by atoms with Crippen molar-refractivity contribution in [3.63, 3.8) is 0 Å². The molecule has 4 aliphatic rings. The van der Waals surface area contributed by atoms with E-state index >= 15 is 0 Å². The molecule has 5 aromatic carbocycles. The van der Waals surface area contributed by atoms with Crippen molar-refractivity contribution in [1.82, 2.24) is 0 Å². The lowest BCUT2D eigenvalue weighted by atomic mass is 10.2. The highest BCUT2D eigenvalue weighted by molar-refractivity contribution is 8.26. The first kappa shape index (κ1) is 32.4. The minimum atomic E-state index is -0.547. The normalized spacial score (nSPS) is 16.9. The zero-order valence-corrected chi connectivity index (χ0v) is 29.8. The van der Waals surface area contributed by atoms with Crippen LogP contribution in [0.2, 0.25) is 0 Å². The van der Waals surface area contributed by atoms with Crippen LogP contribution in [0, 0.1) is 0 Å². The molecule has 10 nitrogen and oxygen atoms in total. The van der Waals surface area contributed by atoms with Gasteiger partial charge in [-0.2, -0.15) is 0 Å². The molecule has 2 saturated heterocycles. The number of thioether (sulfide) groups is 4. The predicted octanol–water partition coefficient (Wildman–Crippen LogP) is 7.91. The van der Waals surface area contributed by atoms with Crippen LogP contribution < -0.4 is 20.0 Å². The Bertz CT molecular complexity index is 2100. The van der Waals surface area contributed by atoms with Crippen molar-refractivity contribution in [2.24, 2.45) is 0 Å². The molecule has 0 atom stereocenters. The Morgan fingerprint density at radius 2 is 0.558 bits per heavy atom. The second kappa shape index (κ2) is 12.6. The summed E-state index contributed by atoms with van der Waals surface area (Å²) in [6, 6.07) is 35.4. The number of carbonyl (C=O) groups excluding carboxylic acids is 4. The van der Waals surface area contributed by atoms with Gasteiger partial charge in [0, 0.05) is 0 Å². The number of hydrazine groups is 2. The van der Waals surface area contributed by atoms with Crippen molar-refractivity contribution in [2.45, 2.75) is 19.6 Å². The maximum Gasteiger partial charge on any atom is 0.284 e. The minimum Gasteiger partial charge on any atom is -0.505 e. The molecule has 0 aliphatic carbocycles. The molecular formula is C38H22N4O6S4. The van der Waals surface area contributed by atoms with Gasteiger partial charge in [0.15, 0.2) is 0 Å². The monoisotopic (exact) mass is 758 g/mol. The topological polar surface area (TPSA) is 122 Å². The zero-order chi connectivity index (χ0) is 35.7. The summed E-state index contributed by atoms with van der Waals surface area (Å²) in [5.74, 6) is -2.55. The summed E-state index contributed by atoms with van der Waals surface area (Å²) in [7, 11) is 0. The standard InChI is InChI=1S/C38H22N4O6S4/c43-27-29-30(50-37(49-29)25-33(45)39(21-13-5-1-6-14-21)40(34(25)46)22-15-7-2-8-16-22)28(44)32-31(27)51-38(52-32)26-35(47)41(23-17-9-3-10-18-23)42(36(26)48)24-19-11-4-12-20-24/h1-20,43-44H. The highest BCUT2D eigenvalue weighted by atomic mass is 32.2. The number of anilines is 4. The average molecular weight is 759 g/mol. The zero-order valence-electron chi connectivity index (χ0n) is 26.5. The molecule has 4 aliphatic heterocycles. The molecule has 5 aromatic rings. The maximum atomic E-state index is 14.1. The first-order chi connectivity index (χ1) is 25.3. The third-order valence-corrected chi connectivity index (χ3v) is 13.7. The van der Waals surface area contributed by atoms with E-state index in [0.29, 0.717) is 31.2 Å². The number of phenolic OH excluding ortho intramolecular Hbond substituents is 2. The summed E-state index contributed by atoms with van der Waals surface area (Å²) in [5.41, 5.74) is 1.80. The number of rotatable bonds is 4. The van der Waals surface area contributed by atoms with E-state index in [4.69, 9.17) is 0 Å². The Labute approximate surface area is 313 Å². The van der Waals surface area contributed by atoms with Gasteiger partial charge in [0.05, 0.1) is 50.8 Å². The lowest BCUT2D eigenvalue weighted by molar-refractivity contribution is -0.118. The average Bonchev–Trinajstić information content (AvgIpc) is 3.93. The van der Waals surface area contributed by atoms with Gasteiger partial charge in [0.2, 0.25) is 0 Å². The van der Waals surface area contributed by atoms with Crippen molar-refractivity contribution in [3.05, 3.63) is 141 Å². The van der Waals surface area contributed by atoms with Crippen LogP contribution in [-0.4, -0.2) is 33.8 Å². The van der Waals surface area contributed by atoms with Gasteiger partial charge >= 0.3 is 0 Å². The third kappa shape index (κ3) is 4.93. The lowest BCUT2D eigenvalue weighted by Gasteiger charge is -2.27. The number of aromatic hydroxyl groups is 2. The number of hydrogen-bond donors (Lipinski definition) is 2. The Morgan fingerprint density at radius 1 is 0.346 bits per heavy atom. The van der Waals surface area contributed by atoms with E-state index in [2.05, 4.69) is 0 Å². The summed E-state index contributed by atoms with van der Waals surface area (Å²) >= 11 is 4.08. The minimum absolute atomic E-state index is 0.0925. The van der Waals surface area contributed by atoms with Gasteiger partial charge in [-0.3, -0.25) is 19.2 Å². The Kier molecular flexibility index (Phi) is 7.84. The molecule has 52 heavy (non-hydrogen) atoms. The van der Waals surface area contributed by atoms with Gasteiger partial charge in [0.25, 0.3) is 23.6 Å². The Balaban J connectivity index is 1.09. The van der Waals surface area contributed by atoms with Crippen molar-refractivity contribution in [1.29, 1.82) is 0 Å². The van der Waals surface area contributed by atoms with E-state index in [1.165, 1.54) is 20.0 Å². The van der Waals surface area contributed by atoms with E-state index < -0.39 is 23.6 Å². The molecule has 0 spiro atoms. The number of nitrogens with zero attached hydrogens (tertiary/aromatic N) is 4. The number of hydrogen-bond acceptors (Lipinski definition) is 10. The first-order valence-corrected chi connectivity index (χ1v) is 19.0. The van der Waals surface area contributed by atoms with E-state index in [1.54, 1.807) is 97.1 Å². The van der Waals surface area contributed by atoms with Crippen molar-refractivity contribution >= 4 is 93.4 Å². The molecule has 0 saturated carbocycles. The van der Waals surface area contributed by atoms with Gasteiger partial charge in [0.1, 0.15) is 22.6 Å². The van der Waals surface area contributed by atoms with E-state index in [9.17, 15) is 29.4 Å². The van der Waals surface area contributed by atoms with Crippen LogP contribution in [0.5, 0.6) is 11.5 Å². The first-order valence-electron chi connectivity index (χ1n) is 15.7. The number of para-hydroxylation sites is 4. The fourth-order valence-corrected chi connectivity index (χ4v) is 11.5. The number of benzene rings is 5. The molecule has 4 amide bonds. The smallest absolute Gasteiger partial charge is 0.284 e. The van der Waals surface area contributed by atoms with Crippen molar-refractivity contribution in [2.75, 3.05) is 20.0 Å². The van der Waals surface area contributed by atoms with Gasteiger partial charge in [-0.1, -0.05) is 120 Å². The summed E-state index contributed by atoms with van der Waals surface area (Å²) in [4.78, 5) is 57.4. The fraction of sp³-hybridized carbons (Fsp3) is 0. The van der Waals surface area contributed by atoms with Crippen LogP contribution in [0.3, 0.4) is 0 Å². The molecule has 14 heteroatoms. The van der Waals surface area contributed by atoms with E-state index in [-0.39, 0.29) is 42.2 Å². The van der Waals surface area contributed by atoms with Gasteiger partial charge in [-0.15, -0.1) is 0 Å². The molecule has 9 rings (SSSR count). The van der Waals surface area contributed by atoms with Crippen molar-refractivity contribution in [3.8, 4) is 11.5 Å². The summed E-state index contributed by atoms with van der Waals surface area (Å²) in [5, 5.41) is 28.6. The van der Waals surface area contributed by atoms with Crippen molar-refractivity contribution < 1.29 is 29.4 Å². The summed E-state index contributed by atoms with van der Waals surface area (Å²) in [6.45, 7) is 0. The van der Waals surface area contributed by atoms with Gasteiger partial charge in [-0.25, -0.2) is 20.0 Å². The van der Waals surface area contributed by atoms with Crippen LogP contribution in [0.1, 0.15) is 0 Å². The van der Waals surface area contributed by atoms with Gasteiger partial charge in [-0.05, 0) is 48.5 Å². The highest BCUT2D eigenvalue weighted by Gasteiger charge is 2.49. The molecule has 0 radical (unpaired) electrons. The SMILES string of the molecule is O=C1C(=C2Sc3c(O)c4c(c(O)c3S2)SC(=C2C(=O)N(c3ccccc3)N(c3ccccc3)C2=O)S4)C(=O)N(c2ccccc2)N1c1ccccc1. The molecule has 2 fully saturated rings. The molecule has 0 unspecified atom stereocenters. The second-order valence-electron chi connectivity index (χ2n) is 11.6. The lowest BCUT2D eigenvalue weighted by Crippen LogP contribution is -2.41. The molecule has 254 valence electrons. The number of amides is 4. The number of carbonyl (C=O) groups is 4. The predicted molar refractivity (Wildman–Crippen MR) is 203 cm³/mol. The van der Waals surface area contributed by atoms with E-state index in [0.717, 1.165) is 47.0 Å². The molecule has 2 N–H and O–H groups in total. The van der Waals surface area contributed by atoms with Crippen LogP contribution in [-0.2, 0) is 19.2 Å². The Morgan fingerprint density at radius 3 is 0.769 bits per heavy atom. The van der Waals surface area contributed by atoms with Crippen LogP contribution >= 0.6 is 47.0 Å². The number of phenols is 2. The summed E-state index contributed by atoms with van der Waals surface area (Å²) < 4.78 is 0.621. The van der Waals surface area contributed by atoms with Crippen LogP contribution in [0.15, 0.2) is 161 Å². The maximum absolute atomic E-state index is 14.1. The van der Waals surface area contributed by atoms with Crippen LogP contribution in [0.4, 0.5) is 22.7 Å². The summed E-state index contributed by atoms with van der Waals surface area (Å²) in [6.07, 6.45) is 0. The quantitative estimate of drug-likeness (QED) is 0.106. The molecule has 0 bridgehead atoms. The van der Waals surface area contributed by atoms with Crippen LogP contribution in [0.25, 0.3) is 0 Å². The fourth-order valence-electron chi connectivity index (χ4n) is 6.16. The number of fused-ring (bicyclic) bond motifs is 2.